The Balaban J connectivity index is 2.05. The van der Waals surface area contributed by atoms with Crippen LogP contribution in [0.4, 0.5) is 0 Å². The van der Waals surface area contributed by atoms with Crippen LogP contribution in [0.3, 0.4) is 0 Å². The van der Waals surface area contributed by atoms with E-state index in [0.29, 0.717) is 23.6 Å². The second-order valence-electron chi connectivity index (χ2n) is 5.50. The van der Waals surface area contributed by atoms with E-state index in [9.17, 15) is 4.79 Å². The van der Waals surface area contributed by atoms with Crippen molar-refractivity contribution in [3.63, 3.8) is 0 Å². The van der Waals surface area contributed by atoms with Crippen LogP contribution < -0.4 is 5.32 Å². The fourth-order valence-electron chi connectivity index (χ4n) is 2.78. The van der Waals surface area contributed by atoms with Crippen LogP contribution in [0.25, 0.3) is 0 Å². The molecule has 18 heavy (non-hydrogen) atoms. The van der Waals surface area contributed by atoms with Crippen molar-refractivity contribution >= 4 is 21.8 Å². The number of aryl methyl sites for hydroxylation is 1. The SMILES string of the molecule is CC1CCCC(NC(=O)c2cc(Br)cn2C)C1C. The third-order valence-corrected chi connectivity index (χ3v) is 4.66. The van der Waals surface area contributed by atoms with E-state index in [-0.39, 0.29) is 5.91 Å². The first kappa shape index (κ1) is 13.7. The van der Waals surface area contributed by atoms with E-state index in [1.54, 1.807) is 0 Å². The first-order chi connectivity index (χ1) is 8.49. The van der Waals surface area contributed by atoms with Crippen LogP contribution in [0.5, 0.6) is 0 Å². The Kier molecular flexibility index (Phi) is 4.15. The van der Waals surface area contributed by atoms with E-state index in [0.717, 1.165) is 10.9 Å². The van der Waals surface area contributed by atoms with E-state index in [1.165, 1.54) is 12.8 Å². The van der Waals surface area contributed by atoms with Crippen molar-refractivity contribution in [2.75, 3.05) is 0 Å². The first-order valence-corrected chi connectivity index (χ1v) is 7.41. The molecule has 0 aromatic carbocycles. The summed E-state index contributed by atoms with van der Waals surface area (Å²) in [7, 11) is 1.90. The van der Waals surface area contributed by atoms with Crippen molar-refractivity contribution in [2.24, 2.45) is 18.9 Å². The Bertz CT molecular complexity index is 441. The van der Waals surface area contributed by atoms with E-state index in [4.69, 9.17) is 0 Å². The van der Waals surface area contributed by atoms with Crippen LogP contribution >= 0.6 is 15.9 Å². The van der Waals surface area contributed by atoms with Gasteiger partial charge in [-0.3, -0.25) is 4.79 Å². The van der Waals surface area contributed by atoms with Crippen LogP contribution in [-0.4, -0.2) is 16.5 Å². The molecule has 0 bridgehead atoms. The maximum Gasteiger partial charge on any atom is 0.268 e. The number of aromatic nitrogens is 1. The smallest absolute Gasteiger partial charge is 0.268 e. The monoisotopic (exact) mass is 312 g/mol. The van der Waals surface area contributed by atoms with Gasteiger partial charge < -0.3 is 9.88 Å². The maximum absolute atomic E-state index is 12.2. The Labute approximate surface area is 117 Å². The van der Waals surface area contributed by atoms with Gasteiger partial charge in [0.05, 0.1) is 0 Å². The van der Waals surface area contributed by atoms with E-state index in [1.807, 2.05) is 23.9 Å². The van der Waals surface area contributed by atoms with Gasteiger partial charge >= 0.3 is 0 Å². The topological polar surface area (TPSA) is 34.0 Å². The average Bonchev–Trinajstić information content (AvgIpc) is 2.64. The summed E-state index contributed by atoms with van der Waals surface area (Å²) < 4.78 is 2.80. The van der Waals surface area contributed by atoms with Crippen LogP contribution in [0.2, 0.25) is 0 Å². The molecule has 1 aromatic rings. The summed E-state index contributed by atoms with van der Waals surface area (Å²) in [4.78, 5) is 12.2. The second kappa shape index (κ2) is 5.47. The van der Waals surface area contributed by atoms with Crippen LogP contribution in [-0.2, 0) is 7.05 Å². The van der Waals surface area contributed by atoms with Crippen molar-refractivity contribution in [2.45, 2.75) is 39.2 Å². The van der Waals surface area contributed by atoms with E-state index >= 15 is 0 Å². The summed E-state index contributed by atoms with van der Waals surface area (Å²) in [5.41, 5.74) is 0.715. The highest BCUT2D eigenvalue weighted by atomic mass is 79.9. The van der Waals surface area contributed by atoms with Gasteiger partial charge in [0.2, 0.25) is 0 Å². The normalized spacial score (nSPS) is 28.1. The Morgan fingerprint density at radius 2 is 2.17 bits per heavy atom. The summed E-state index contributed by atoms with van der Waals surface area (Å²) in [6.45, 7) is 4.53. The number of hydrogen-bond acceptors (Lipinski definition) is 1. The number of amides is 1. The van der Waals surface area contributed by atoms with Crippen molar-refractivity contribution in [1.82, 2.24) is 9.88 Å². The first-order valence-electron chi connectivity index (χ1n) is 6.61. The van der Waals surface area contributed by atoms with Crippen molar-refractivity contribution in [1.29, 1.82) is 0 Å². The standard InChI is InChI=1S/C14H21BrN2O/c1-9-5-4-6-12(10(9)2)16-14(18)13-7-11(15)8-17(13)3/h7-10,12H,4-6H2,1-3H3,(H,16,18). The molecule has 0 spiro atoms. The van der Waals surface area contributed by atoms with Gasteiger partial charge in [-0.15, -0.1) is 0 Å². The van der Waals surface area contributed by atoms with Gasteiger partial charge in [-0.05, 0) is 40.3 Å². The zero-order valence-corrected chi connectivity index (χ0v) is 12.8. The third-order valence-electron chi connectivity index (χ3n) is 4.23. The zero-order valence-electron chi connectivity index (χ0n) is 11.2. The van der Waals surface area contributed by atoms with Gasteiger partial charge in [0.1, 0.15) is 5.69 Å². The van der Waals surface area contributed by atoms with Crippen LogP contribution in [0.15, 0.2) is 16.7 Å². The average molecular weight is 313 g/mol. The van der Waals surface area contributed by atoms with Crippen molar-refractivity contribution in [3.05, 3.63) is 22.4 Å². The molecule has 1 saturated carbocycles. The van der Waals surface area contributed by atoms with Crippen molar-refractivity contribution < 1.29 is 4.79 Å². The summed E-state index contributed by atoms with van der Waals surface area (Å²) in [5.74, 6) is 1.30. The van der Waals surface area contributed by atoms with Gasteiger partial charge in [0, 0.05) is 23.8 Å². The molecule has 4 heteroatoms. The van der Waals surface area contributed by atoms with Gasteiger partial charge in [-0.25, -0.2) is 0 Å². The van der Waals surface area contributed by atoms with Gasteiger partial charge in [-0.1, -0.05) is 26.7 Å². The molecule has 1 N–H and O–H groups in total. The molecule has 1 fully saturated rings. The molecule has 100 valence electrons. The maximum atomic E-state index is 12.2. The molecule has 0 aliphatic heterocycles. The molecule has 2 rings (SSSR count). The summed E-state index contributed by atoms with van der Waals surface area (Å²) in [6.07, 6.45) is 5.50. The van der Waals surface area contributed by atoms with E-state index < -0.39 is 0 Å². The third kappa shape index (κ3) is 2.79. The lowest BCUT2D eigenvalue weighted by Gasteiger charge is -2.34. The van der Waals surface area contributed by atoms with Gasteiger partial charge in [0.25, 0.3) is 5.91 Å². The second-order valence-corrected chi connectivity index (χ2v) is 6.42. The predicted molar refractivity (Wildman–Crippen MR) is 76.5 cm³/mol. The summed E-state index contributed by atoms with van der Waals surface area (Å²) in [5, 5.41) is 3.19. The highest BCUT2D eigenvalue weighted by Crippen LogP contribution is 2.29. The number of nitrogens with one attached hydrogen (secondary N) is 1. The number of rotatable bonds is 2. The molecule has 3 nitrogen and oxygen atoms in total. The largest absolute Gasteiger partial charge is 0.348 e. The molecule has 1 aliphatic carbocycles. The quantitative estimate of drug-likeness (QED) is 0.893. The minimum absolute atomic E-state index is 0.0363. The molecule has 1 amide bonds. The zero-order chi connectivity index (χ0) is 13.3. The lowest BCUT2D eigenvalue weighted by atomic mass is 9.78. The minimum atomic E-state index is 0.0363. The molecule has 0 saturated heterocycles. The number of halogens is 1. The molecule has 1 aliphatic rings. The number of carbonyl (C=O) groups is 1. The number of hydrogen-bond donors (Lipinski definition) is 1. The lowest BCUT2D eigenvalue weighted by Crippen LogP contribution is -2.44. The number of carbonyl (C=O) groups excluding carboxylic acids is 1. The molecule has 1 heterocycles. The predicted octanol–water partition coefficient (Wildman–Crippen LogP) is 3.34. The summed E-state index contributed by atoms with van der Waals surface area (Å²) in [6, 6.07) is 2.18. The fourth-order valence-corrected chi connectivity index (χ4v) is 3.30. The molecule has 3 unspecified atom stereocenters. The van der Waals surface area contributed by atoms with Crippen LogP contribution in [0.1, 0.15) is 43.6 Å². The Hall–Kier alpha value is -0.770. The van der Waals surface area contributed by atoms with E-state index in [2.05, 4.69) is 35.1 Å². The minimum Gasteiger partial charge on any atom is -0.348 e. The van der Waals surface area contributed by atoms with Gasteiger partial charge in [-0.2, -0.15) is 0 Å². The molecule has 0 radical (unpaired) electrons. The molecular weight excluding hydrogens is 292 g/mol. The van der Waals surface area contributed by atoms with Crippen molar-refractivity contribution in [3.8, 4) is 0 Å². The number of nitrogens with zero attached hydrogens (tertiary/aromatic N) is 1. The summed E-state index contributed by atoms with van der Waals surface area (Å²) >= 11 is 3.40. The van der Waals surface area contributed by atoms with Gasteiger partial charge in [0.15, 0.2) is 0 Å². The van der Waals surface area contributed by atoms with Crippen LogP contribution in [0, 0.1) is 11.8 Å². The Morgan fingerprint density at radius 1 is 1.44 bits per heavy atom. The Morgan fingerprint density at radius 3 is 2.78 bits per heavy atom. The lowest BCUT2D eigenvalue weighted by molar-refractivity contribution is 0.0883. The molecular formula is C14H21BrN2O. The highest BCUT2D eigenvalue weighted by Gasteiger charge is 2.28. The molecule has 1 aromatic heterocycles. The molecule has 3 atom stereocenters. The fraction of sp³-hybridized carbons (Fsp3) is 0.643. The highest BCUT2D eigenvalue weighted by molar-refractivity contribution is 9.10.